The maximum Gasteiger partial charge on any atom is 0.272 e. The number of halogens is 2. The Labute approximate surface area is 138 Å². The molecule has 0 aliphatic rings. The second kappa shape index (κ2) is 6.66. The van der Waals surface area contributed by atoms with Crippen LogP contribution < -0.4 is 5.32 Å². The van der Waals surface area contributed by atoms with Crippen molar-refractivity contribution in [2.24, 2.45) is 7.05 Å². The standard InChI is InChI=1S/C19H16F2N2O/c1-23-14(12-15-16(20)8-5-9-17(15)21)10-11-18(23)19(24)22-13-6-3-2-4-7-13/h2-11H,12H2,1H3,(H,22,24). The van der Waals surface area contributed by atoms with Crippen LogP contribution in [0.3, 0.4) is 0 Å². The quantitative estimate of drug-likeness (QED) is 0.768. The van der Waals surface area contributed by atoms with E-state index in [1.807, 2.05) is 18.2 Å². The van der Waals surface area contributed by atoms with Crippen molar-refractivity contribution in [3.05, 3.63) is 89.2 Å². The molecule has 1 amide bonds. The first-order chi connectivity index (χ1) is 11.6. The number of hydrogen-bond donors (Lipinski definition) is 1. The second-order valence-electron chi connectivity index (χ2n) is 5.47. The van der Waals surface area contributed by atoms with E-state index in [0.29, 0.717) is 17.1 Å². The molecule has 2 aromatic carbocycles. The van der Waals surface area contributed by atoms with E-state index in [1.54, 1.807) is 35.9 Å². The van der Waals surface area contributed by atoms with Crippen LogP contribution >= 0.6 is 0 Å². The molecule has 0 fully saturated rings. The van der Waals surface area contributed by atoms with Gasteiger partial charge in [0, 0.05) is 30.4 Å². The molecule has 1 heterocycles. The molecule has 0 bridgehead atoms. The van der Waals surface area contributed by atoms with Gasteiger partial charge < -0.3 is 9.88 Å². The predicted octanol–water partition coefficient (Wildman–Crippen LogP) is 4.15. The monoisotopic (exact) mass is 326 g/mol. The van der Waals surface area contributed by atoms with E-state index in [-0.39, 0.29) is 17.9 Å². The zero-order chi connectivity index (χ0) is 17.1. The third-order valence-electron chi connectivity index (χ3n) is 3.91. The van der Waals surface area contributed by atoms with Crippen LogP contribution in [-0.4, -0.2) is 10.5 Å². The van der Waals surface area contributed by atoms with Crippen molar-refractivity contribution in [1.82, 2.24) is 4.57 Å². The van der Waals surface area contributed by atoms with Crippen molar-refractivity contribution in [2.75, 3.05) is 5.32 Å². The summed E-state index contributed by atoms with van der Waals surface area (Å²) in [7, 11) is 1.70. The van der Waals surface area contributed by atoms with Crippen LogP contribution in [-0.2, 0) is 13.5 Å². The first-order valence-electron chi connectivity index (χ1n) is 7.50. The lowest BCUT2D eigenvalue weighted by molar-refractivity contribution is 0.101. The van der Waals surface area contributed by atoms with Gasteiger partial charge in [-0.2, -0.15) is 0 Å². The normalized spacial score (nSPS) is 10.6. The van der Waals surface area contributed by atoms with Crippen molar-refractivity contribution < 1.29 is 13.6 Å². The van der Waals surface area contributed by atoms with Gasteiger partial charge in [0.25, 0.3) is 5.91 Å². The Morgan fingerprint density at radius 2 is 1.62 bits per heavy atom. The van der Waals surface area contributed by atoms with Crippen LogP contribution in [0.25, 0.3) is 0 Å². The van der Waals surface area contributed by atoms with Crippen LogP contribution in [0.15, 0.2) is 60.7 Å². The molecule has 3 aromatic rings. The topological polar surface area (TPSA) is 34.0 Å². The Hall–Kier alpha value is -2.95. The molecule has 0 saturated carbocycles. The third-order valence-corrected chi connectivity index (χ3v) is 3.91. The number of para-hydroxylation sites is 1. The molecule has 0 unspecified atom stereocenters. The van der Waals surface area contributed by atoms with E-state index in [0.717, 1.165) is 0 Å². The Bertz CT molecular complexity index is 852. The summed E-state index contributed by atoms with van der Waals surface area (Å²) in [6.45, 7) is 0. The van der Waals surface area contributed by atoms with Crippen LogP contribution in [0.5, 0.6) is 0 Å². The number of nitrogens with zero attached hydrogens (tertiary/aromatic N) is 1. The van der Waals surface area contributed by atoms with Gasteiger partial charge in [-0.1, -0.05) is 24.3 Å². The number of carbonyl (C=O) groups excluding carboxylic acids is 1. The van der Waals surface area contributed by atoms with E-state index in [2.05, 4.69) is 5.32 Å². The van der Waals surface area contributed by atoms with Gasteiger partial charge in [0.05, 0.1) is 0 Å². The van der Waals surface area contributed by atoms with Crippen molar-refractivity contribution in [1.29, 1.82) is 0 Å². The lowest BCUT2D eigenvalue weighted by Crippen LogP contribution is -2.16. The summed E-state index contributed by atoms with van der Waals surface area (Å²) in [6, 6.07) is 16.2. The molecule has 0 spiro atoms. The number of carbonyl (C=O) groups is 1. The average molecular weight is 326 g/mol. The summed E-state index contributed by atoms with van der Waals surface area (Å²) in [4.78, 5) is 12.4. The Morgan fingerprint density at radius 3 is 2.29 bits per heavy atom. The molecule has 3 nitrogen and oxygen atoms in total. The summed E-state index contributed by atoms with van der Waals surface area (Å²) in [5.41, 5.74) is 1.75. The first kappa shape index (κ1) is 15.9. The summed E-state index contributed by atoms with van der Waals surface area (Å²) >= 11 is 0. The number of aromatic nitrogens is 1. The van der Waals surface area contributed by atoms with Crippen molar-refractivity contribution >= 4 is 11.6 Å². The van der Waals surface area contributed by atoms with Crippen molar-refractivity contribution in [2.45, 2.75) is 6.42 Å². The second-order valence-corrected chi connectivity index (χ2v) is 5.47. The van der Waals surface area contributed by atoms with Crippen LogP contribution in [0.1, 0.15) is 21.7 Å². The number of hydrogen-bond acceptors (Lipinski definition) is 1. The molecule has 24 heavy (non-hydrogen) atoms. The van der Waals surface area contributed by atoms with Gasteiger partial charge in [0.1, 0.15) is 17.3 Å². The zero-order valence-electron chi connectivity index (χ0n) is 13.1. The maximum absolute atomic E-state index is 13.8. The average Bonchev–Trinajstić information content (AvgIpc) is 2.93. The first-order valence-corrected chi connectivity index (χ1v) is 7.50. The SMILES string of the molecule is Cn1c(Cc2c(F)cccc2F)ccc1C(=O)Nc1ccccc1. The lowest BCUT2D eigenvalue weighted by atomic mass is 10.1. The Balaban J connectivity index is 1.82. The summed E-state index contributed by atoms with van der Waals surface area (Å²) in [5.74, 6) is -1.46. The van der Waals surface area contributed by atoms with Crippen LogP contribution in [0, 0.1) is 11.6 Å². The van der Waals surface area contributed by atoms with Crippen molar-refractivity contribution in [3.63, 3.8) is 0 Å². The minimum atomic E-state index is -0.591. The molecule has 1 aromatic heterocycles. The van der Waals surface area contributed by atoms with E-state index in [9.17, 15) is 13.6 Å². The summed E-state index contributed by atoms with van der Waals surface area (Å²) in [6.07, 6.45) is 0.0770. The summed E-state index contributed by atoms with van der Waals surface area (Å²) in [5, 5.41) is 2.79. The highest BCUT2D eigenvalue weighted by Crippen LogP contribution is 2.19. The molecule has 0 atom stereocenters. The Kier molecular flexibility index (Phi) is 4.42. The van der Waals surface area contributed by atoms with Crippen LogP contribution in [0.4, 0.5) is 14.5 Å². The molecule has 0 aliphatic heterocycles. The fraction of sp³-hybridized carbons (Fsp3) is 0.105. The number of anilines is 1. The predicted molar refractivity (Wildman–Crippen MR) is 89.0 cm³/mol. The number of benzene rings is 2. The molecule has 3 rings (SSSR count). The van der Waals surface area contributed by atoms with Gasteiger partial charge in [-0.25, -0.2) is 8.78 Å². The number of nitrogens with one attached hydrogen (secondary N) is 1. The fourth-order valence-corrected chi connectivity index (χ4v) is 2.56. The minimum absolute atomic E-state index is 0.00582. The molecule has 1 N–H and O–H groups in total. The van der Waals surface area contributed by atoms with Gasteiger partial charge in [-0.05, 0) is 36.4 Å². The third kappa shape index (κ3) is 3.20. The molecular formula is C19H16F2N2O. The van der Waals surface area contributed by atoms with Crippen LogP contribution in [0.2, 0.25) is 0 Å². The highest BCUT2D eigenvalue weighted by Gasteiger charge is 2.16. The Morgan fingerprint density at radius 1 is 0.958 bits per heavy atom. The minimum Gasteiger partial charge on any atom is -0.343 e. The van der Waals surface area contributed by atoms with E-state index in [4.69, 9.17) is 0 Å². The number of amides is 1. The lowest BCUT2D eigenvalue weighted by Gasteiger charge is -2.10. The molecule has 5 heteroatoms. The van der Waals surface area contributed by atoms with E-state index in [1.165, 1.54) is 18.2 Å². The maximum atomic E-state index is 13.8. The zero-order valence-corrected chi connectivity index (χ0v) is 13.1. The highest BCUT2D eigenvalue weighted by atomic mass is 19.1. The van der Waals surface area contributed by atoms with Crippen molar-refractivity contribution in [3.8, 4) is 0 Å². The largest absolute Gasteiger partial charge is 0.343 e. The molecule has 0 aliphatic carbocycles. The van der Waals surface area contributed by atoms with E-state index < -0.39 is 11.6 Å². The van der Waals surface area contributed by atoms with Gasteiger partial charge in [-0.15, -0.1) is 0 Å². The molecule has 122 valence electrons. The number of rotatable bonds is 4. The molecule has 0 radical (unpaired) electrons. The molecule has 0 saturated heterocycles. The smallest absolute Gasteiger partial charge is 0.272 e. The van der Waals surface area contributed by atoms with Gasteiger partial charge in [0.2, 0.25) is 0 Å². The fourth-order valence-electron chi connectivity index (χ4n) is 2.56. The van der Waals surface area contributed by atoms with Gasteiger partial charge in [0.15, 0.2) is 0 Å². The van der Waals surface area contributed by atoms with Gasteiger partial charge in [-0.3, -0.25) is 4.79 Å². The summed E-state index contributed by atoms with van der Waals surface area (Å²) < 4.78 is 29.2. The van der Waals surface area contributed by atoms with E-state index >= 15 is 0 Å². The van der Waals surface area contributed by atoms with Gasteiger partial charge >= 0.3 is 0 Å². The highest BCUT2D eigenvalue weighted by molar-refractivity contribution is 6.03. The molecular weight excluding hydrogens is 310 g/mol.